The van der Waals surface area contributed by atoms with Gasteiger partial charge in [0.15, 0.2) is 5.78 Å². The van der Waals surface area contributed by atoms with Crippen LogP contribution in [0.5, 0.6) is 0 Å². The second-order valence-electron chi connectivity index (χ2n) is 5.08. The summed E-state index contributed by atoms with van der Waals surface area (Å²) in [4.78, 5) is 11.1. The van der Waals surface area contributed by atoms with Crippen molar-refractivity contribution < 1.29 is 9.53 Å². The van der Waals surface area contributed by atoms with E-state index >= 15 is 0 Å². The van der Waals surface area contributed by atoms with Crippen LogP contribution in [0.1, 0.15) is 39.5 Å². The lowest BCUT2D eigenvalue weighted by atomic mass is 9.94. The van der Waals surface area contributed by atoms with Gasteiger partial charge in [-0.3, -0.25) is 4.79 Å². The normalized spacial score (nSPS) is 30.1. The first-order valence-corrected chi connectivity index (χ1v) is 5.69. The van der Waals surface area contributed by atoms with E-state index in [1.54, 1.807) is 6.08 Å². The molecule has 1 fully saturated rings. The molecule has 0 bridgehead atoms. The molecule has 1 aliphatic heterocycles. The highest BCUT2D eigenvalue weighted by Crippen LogP contribution is 2.25. The van der Waals surface area contributed by atoms with E-state index in [9.17, 15) is 4.79 Å². The summed E-state index contributed by atoms with van der Waals surface area (Å²) in [6.45, 7) is 5.05. The minimum atomic E-state index is -0.0287. The van der Waals surface area contributed by atoms with Crippen LogP contribution < -0.4 is 5.32 Å². The first kappa shape index (κ1) is 10.7. The van der Waals surface area contributed by atoms with Crippen LogP contribution >= 0.6 is 0 Å². The largest absolute Gasteiger partial charge is 0.385 e. The van der Waals surface area contributed by atoms with Crippen LogP contribution in [0.2, 0.25) is 0 Å². The van der Waals surface area contributed by atoms with Gasteiger partial charge in [-0.1, -0.05) is 0 Å². The van der Waals surface area contributed by atoms with Gasteiger partial charge < -0.3 is 10.1 Å². The molecule has 1 aliphatic carbocycles. The quantitative estimate of drug-likeness (QED) is 0.753. The fraction of sp³-hybridized carbons (Fsp3) is 0.750. The fourth-order valence-corrected chi connectivity index (χ4v) is 2.33. The molecule has 0 aromatic rings. The zero-order chi connectivity index (χ0) is 10.9. The number of ether oxygens (including phenoxy) is 1. The van der Waals surface area contributed by atoms with Crippen LogP contribution in [0.25, 0.3) is 0 Å². The Morgan fingerprint density at radius 2 is 2.27 bits per heavy atom. The summed E-state index contributed by atoms with van der Waals surface area (Å²) >= 11 is 0. The number of hydrogen-bond donors (Lipinski definition) is 1. The number of hydrogen-bond acceptors (Lipinski definition) is 3. The van der Waals surface area contributed by atoms with E-state index < -0.39 is 0 Å². The SMILES string of the molecule is CC1(C)CC(NC2=CC(=O)CC2)CCO1. The number of allylic oxidation sites excluding steroid dienone is 2. The summed E-state index contributed by atoms with van der Waals surface area (Å²) in [6, 6.07) is 0.464. The van der Waals surface area contributed by atoms with Gasteiger partial charge in [0.2, 0.25) is 0 Å². The third-order valence-corrected chi connectivity index (χ3v) is 3.06. The summed E-state index contributed by atoms with van der Waals surface area (Å²) in [5.41, 5.74) is 1.08. The minimum Gasteiger partial charge on any atom is -0.385 e. The summed E-state index contributed by atoms with van der Waals surface area (Å²) in [6.07, 6.45) is 5.36. The van der Waals surface area contributed by atoms with Crippen molar-refractivity contribution in [3.63, 3.8) is 0 Å². The Balaban J connectivity index is 1.89. The first-order chi connectivity index (χ1) is 7.05. The smallest absolute Gasteiger partial charge is 0.157 e. The molecular weight excluding hydrogens is 190 g/mol. The van der Waals surface area contributed by atoms with E-state index in [0.29, 0.717) is 12.5 Å². The van der Waals surface area contributed by atoms with Crippen molar-refractivity contribution in [1.29, 1.82) is 0 Å². The molecule has 1 saturated heterocycles. The molecule has 84 valence electrons. The second-order valence-corrected chi connectivity index (χ2v) is 5.08. The number of ketones is 1. The Morgan fingerprint density at radius 1 is 1.47 bits per heavy atom. The minimum absolute atomic E-state index is 0.0287. The molecule has 15 heavy (non-hydrogen) atoms. The van der Waals surface area contributed by atoms with Crippen molar-refractivity contribution in [3.05, 3.63) is 11.8 Å². The lowest BCUT2D eigenvalue weighted by Gasteiger charge is -2.36. The maximum atomic E-state index is 11.1. The van der Waals surface area contributed by atoms with Crippen LogP contribution in [0.3, 0.4) is 0 Å². The maximum Gasteiger partial charge on any atom is 0.157 e. The molecule has 0 aromatic carbocycles. The molecule has 2 aliphatic rings. The average molecular weight is 209 g/mol. The number of rotatable bonds is 2. The van der Waals surface area contributed by atoms with Gasteiger partial charge in [0.1, 0.15) is 0 Å². The maximum absolute atomic E-state index is 11.1. The van der Waals surface area contributed by atoms with E-state index in [4.69, 9.17) is 4.74 Å². The van der Waals surface area contributed by atoms with Gasteiger partial charge in [-0.05, 0) is 33.1 Å². The Kier molecular flexibility index (Phi) is 2.83. The van der Waals surface area contributed by atoms with Gasteiger partial charge in [-0.2, -0.15) is 0 Å². The second kappa shape index (κ2) is 3.97. The zero-order valence-corrected chi connectivity index (χ0v) is 9.51. The number of carbonyl (C=O) groups excluding carboxylic acids is 1. The van der Waals surface area contributed by atoms with Gasteiger partial charge in [-0.15, -0.1) is 0 Å². The molecule has 0 saturated carbocycles. The van der Waals surface area contributed by atoms with E-state index in [-0.39, 0.29) is 11.4 Å². The Morgan fingerprint density at radius 3 is 2.87 bits per heavy atom. The lowest BCUT2D eigenvalue weighted by molar-refractivity contribution is -0.114. The van der Waals surface area contributed by atoms with E-state index in [2.05, 4.69) is 19.2 Å². The van der Waals surface area contributed by atoms with Gasteiger partial charge >= 0.3 is 0 Å². The summed E-state index contributed by atoms with van der Waals surface area (Å²) in [5.74, 6) is 0.254. The Hall–Kier alpha value is -0.830. The Bertz CT molecular complexity index is 294. The monoisotopic (exact) mass is 209 g/mol. The van der Waals surface area contributed by atoms with Crippen molar-refractivity contribution in [3.8, 4) is 0 Å². The third-order valence-electron chi connectivity index (χ3n) is 3.06. The highest BCUT2D eigenvalue weighted by molar-refractivity contribution is 5.92. The van der Waals surface area contributed by atoms with Crippen molar-refractivity contribution in [2.24, 2.45) is 0 Å². The molecule has 0 aromatic heterocycles. The van der Waals surface area contributed by atoms with E-state index in [0.717, 1.165) is 31.6 Å². The number of carbonyl (C=O) groups is 1. The molecule has 2 rings (SSSR count). The molecule has 3 heteroatoms. The van der Waals surface area contributed by atoms with Crippen molar-refractivity contribution in [2.45, 2.75) is 51.2 Å². The van der Waals surface area contributed by atoms with E-state index in [1.165, 1.54) is 0 Å². The van der Waals surface area contributed by atoms with Crippen LogP contribution in [0.15, 0.2) is 11.8 Å². The van der Waals surface area contributed by atoms with Crippen LogP contribution in [0.4, 0.5) is 0 Å². The fourth-order valence-electron chi connectivity index (χ4n) is 2.33. The van der Waals surface area contributed by atoms with Gasteiger partial charge in [-0.25, -0.2) is 0 Å². The molecule has 0 amide bonds. The predicted octanol–water partition coefficient (Wildman–Crippen LogP) is 1.78. The predicted molar refractivity (Wildman–Crippen MR) is 58.5 cm³/mol. The first-order valence-electron chi connectivity index (χ1n) is 5.69. The summed E-state index contributed by atoms with van der Waals surface area (Å²) in [5, 5.41) is 3.46. The molecule has 1 N–H and O–H groups in total. The van der Waals surface area contributed by atoms with Crippen LogP contribution in [-0.4, -0.2) is 24.0 Å². The van der Waals surface area contributed by atoms with Gasteiger partial charge in [0.25, 0.3) is 0 Å². The zero-order valence-electron chi connectivity index (χ0n) is 9.51. The van der Waals surface area contributed by atoms with Crippen LogP contribution in [0, 0.1) is 0 Å². The van der Waals surface area contributed by atoms with Crippen molar-refractivity contribution in [2.75, 3.05) is 6.61 Å². The van der Waals surface area contributed by atoms with Crippen molar-refractivity contribution in [1.82, 2.24) is 5.32 Å². The molecule has 0 spiro atoms. The van der Waals surface area contributed by atoms with Gasteiger partial charge in [0.05, 0.1) is 5.60 Å². The standard InChI is InChI=1S/C12H19NO2/c1-12(2)8-10(5-6-15-12)13-9-3-4-11(14)7-9/h7,10,13H,3-6,8H2,1-2H3. The summed E-state index contributed by atoms with van der Waals surface area (Å²) in [7, 11) is 0. The molecule has 1 heterocycles. The van der Waals surface area contributed by atoms with Gasteiger partial charge in [0, 0.05) is 30.8 Å². The third kappa shape index (κ3) is 2.81. The Labute approximate surface area is 90.9 Å². The molecule has 0 radical (unpaired) electrons. The highest BCUT2D eigenvalue weighted by Gasteiger charge is 2.29. The topological polar surface area (TPSA) is 38.3 Å². The average Bonchev–Trinajstić information content (AvgIpc) is 2.49. The summed E-state index contributed by atoms with van der Waals surface area (Å²) < 4.78 is 5.65. The number of nitrogens with one attached hydrogen (secondary N) is 1. The van der Waals surface area contributed by atoms with E-state index in [1.807, 2.05) is 0 Å². The highest BCUT2D eigenvalue weighted by atomic mass is 16.5. The van der Waals surface area contributed by atoms with Crippen LogP contribution in [-0.2, 0) is 9.53 Å². The molecular formula is C12H19NO2. The lowest BCUT2D eigenvalue weighted by Crippen LogP contribution is -2.43. The van der Waals surface area contributed by atoms with Crippen molar-refractivity contribution >= 4 is 5.78 Å². The molecule has 3 nitrogen and oxygen atoms in total. The molecule has 1 atom stereocenters. The molecule has 1 unspecified atom stereocenters.